The third-order valence-corrected chi connectivity index (χ3v) is 6.50. The number of aromatic nitrogens is 4. The number of anilines is 2. The number of amides is 1. The molecule has 186 valence electrons. The quantitative estimate of drug-likeness (QED) is 0.278. The summed E-state index contributed by atoms with van der Waals surface area (Å²) >= 11 is 1.33. The van der Waals surface area contributed by atoms with Gasteiger partial charge in [-0.3, -0.25) is 14.3 Å². The molecule has 0 aliphatic heterocycles. The zero-order chi connectivity index (χ0) is 25.3. The van der Waals surface area contributed by atoms with Crippen molar-refractivity contribution in [2.75, 3.05) is 35.7 Å². The molecule has 8 nitrogen and oxygen atoms in total. The number of pyridine rings is 1. The Morgan fingerprint density at radius 3 is 2.39 bits per heavy atom. The lowest BCUT2D eigenvalue weighted by atomic mass is 10.2. The van der Waals surface area contributed by atoms with E-state index in [-0.39, 0.29) is 11.7 Å². The van der Waals surface area contributed by atoms with Crippen molar-refractivity contribution in [2.45, 2.75) is 25.9 Å². The Morgan fingerprint density at radius 2 is 1.75 bits per heavy atom. The van der Waals surface area contributed by atoms with Gasteiger partial charge in [-0.15, -0.1) is 10.2 Å². The standard InChI is InChI=1S/C27H30N6O2S/c1-4-32(5-2)22-11-9-21(10-12-22)29-25(34)19-36-27-31-30-26(20-8-7-17-28-18-20)33(27)23-13-15-24(16-14-23)35-6-3/h7-18H,4-6,19H2,1-3H3,(H,29,34). The molecule has 2 aromatic carbocycles. The molecule has 36 heavy (non-hydrogen) atoms. The minimum Gasteiger partial charge on any atom is -0.494 e. The molecule has 0 saturated carbocycles. The van der Waals surface area contributed by atoms with Crippen molar-refractivity contribution in [2.24, 2.45) is 0 Å². The van der Waals surface area contributed by atoms with Gasteiger partial charge in [-0.1, -0.05) is 11.8 Å². The number of nitrogens with one attached hydrogen (secondary N) is 1. The molecule has 2 aromatic heterocycles. The van der Waals surface area contributed by atoms with Gasteiger partial charge in [-0.05, 0) is 81.4 Å². The summed E-state index contributed by atoms with van der Waals surface area (Å²) in [6, 6.07) is 19.4. The van der Waals surface area contributed by atoms with E-state index in [0.717, 1.165) is 41.5 Å². The molecule has 9 heteroatoms. The zero-order valence-electron chi connectivity index (χ0n) is 20.7. The highest BCUT2D eigenvalue weighted by molar-refractivity contribution is 7.99. The molecule has 0 spiro atoms. The first-order valence-corrected chi connectivity index (χ1v) is 13.0. The van der Waals surface area contributed by atoms with Crippen LogP contribution in [0.3, 0.4) is 0 Å². The molecule has 4 aromatic rings. The van der Waals surface area contributed by atoms with E-state index in [4.69, 9.17) is 4.74 Å². The smallest absolute Gasteiger partial charge is 0.234 e. The van der Waals surface area contributed by atoms with Crippen molar-refractivity contribution in [1.82, 2.24) is 19.7 Å². The van der Waals surface area contributed by atoms with Gasteiger partial charge in [0, 0.05) is 48.1 Å². The van der Waals surface area contributed by atoms with Crippen LogP contribution < -0.4 is 15.0 Å². The summed E-state index contributed by atoms with van der Waals surface area (Å²) in [5, 5.41) is 12.4. The number of thioether (sulfide) groups is 1. The second-order valence-corrected chi connectivity index (χ2v) is 8.81. The lowest BCUT2D eigenvalue weighted by molar-refractivity contribution is -0.113. The molecule has 1 amide bonds. The molecular weight excluding hydrogens is 472 g/mol. The van der Waals surface area contributed by atoms with Gasteiger partial charge in [0.15, 0.2) is 11.0 Å². The molecule has 4 rings (SSSR count). The van der Waals surface area contributed by atoms with Gasteiger partial charge in [0.1, 0.15) is 5.75 Å². The SMILES string of the molecule is CCOc1ccc(-n2c(SCC(=O)Nc3ccc(N(CC)CC)cc3)nnc2-c2cccnc2)cc1. The Balaban J connectivity index is 1.51. The Labute approximate surface area is 215 Å². The van der Waals surface area contributed by atoms with Crippen molar-refractivity contribution in [3.8, 4) is 22.8 Å². The van der Waals surface area contributed by atoms with E-state index in [2.05, 4.69) is 39.2 Å². The molecule has 0 radical (unpaired) electrons. The Hall–Kier alpha value is -3.85. The lowest BCUT2D eigenvalue weighted by Crippen LogP contribution is -2.21. The largest absolute Gasteiger partial charge is 0.494 e. The van der Waals surface area contributed by atoms with Crippen LogP contribution in [-0.4, -0.2) is 51.1 Å². The number of hydrogen-bond acceptors (Lipinski definition) is 7. The minimum absolute atomic E-state index is 0.111. The molecule has 0 aliphatic rings. The monoisotopic (exact) mass is 502 g/mol. The van der Waals surface area contributed by atoms with Gasteiger partial charge in [-0.25, -0.2) is 0 Å². The lowest BCUT2D eigenvalue weighted by Gasteiger charge is -2.21. The summed E-state index contributed by atoms with van der Waals surface area (Å²) in [6.07, 6.45) is 3.47. The third kappa shape index (κ3) is 6.04. The predicted octanol–water partition coefficient (Wildman–Crippen LogP) is 5.31. The summed E-state index contributed by atoms with van der Waals surface area (Å²) in [6.45, 7) is 8.68. The van der Waals surface area contributed by atoms with E-state index in [1.54, 1.807) is 12.4 Å². The van der Waals surface area contributed by atoms with Crippen LogP contribution in [0, 0.1) is 0 Å². The molecule has 0 atom stereocenters. The summed E-state index contributed by atoms with van der Waals surface area (Å²) in [4.78, 5) is 19.2. The Morgan fingerprint density at radius 1 is 1.00 bits per heavy atom. The van der Waals surface area contributed by atoms with E-state index in [0.29, 0.717) is 17.6 Å². The molecular formula is C27H30N6O2S. The molecule has 0 aliphatic carbocycles. The maximum atomic E-state index is 12.7. The van der Waals surface area contributed by atoms with E-state index in [1.807, 2.05) is 72.2 Å². The van der Waals surface area contributed by atoms with Crippen LogP contribution in [0.4, 0.5) is 11.4 Å². The topological polar surface area (TPSA) is 85.2 Å². The number of hydrogen-bond donors (Lipinski definition) is 1. The summed E-state index contributed by atoms with van der Waals surface area (Å²) < 4.78 is 7.51. The van der Waals surface area contributed by atoms with E-state index >= 15 is 0 Å². The van der Waals surface area contributed by atoms with Gasteiger partial charge < -0.3 is 15.0 Å². The van der Waals surface area contributed by atoms with Gasteiger partial charge in [0.05, 0.1) is 12.4 Å². The fraction of sp³-hybridized carbons (Fsp3) is 0.259. The molecule has 1 N–H and O–H groups in total. The van der Waals surface area contributed by atoms with Crippen LogP contribution in [0.1, 0.15) is 20.8 Å². The molecule has 2 heterocycles. The Bertz CT molecular complexity index is 1260. The fourth-order valence-corrected chi connectivity index (χ4v) is 4.56. The number of rotatable bonds is 11. The predicted molar refractivity (Wildman–Crippen MR) is 145 cm³/mol. The average Bonchev–Trinajstić information content (AvgIpc) is 3.34. The van der Waals surface area contributed by atoms with Crippen molar-refractivity contribution in [3.05, 3.63) is 73.1 Å². The number of carbonyl (C=O) groups is 1. The second-order valence-electron chi connectivity index (χ2n) is 7.87. The number of nitrogens with zero attached hydrogens (tertiary/aromatic N) is 5. The summed E-state index contributed by atoms with van der Waals surface area (Å²) in [5.74, 6) is 1.53. The third-order valence-electron chi connectivity index (χ3n) is 5.57. The molecule has 0 bridgehead atoms. The minimum atomic E-state index is -0.111. The molecule has 0 saturated heterocycles. The first-order valence-electron chi connectivity index (χ1n) is 12.0. The number of ether oxygens (including phenoxy) is 1. The number of benzene rings is 2. The highest BCUT2D eigenvalue weighted by atomic mass is 32.2. The van der Waals surface area contributed by atoms with Gasteiger partial charge >= 0.3 is 0 Å². The van der Waals surface area contributed by atoms with Crippen LogP contribution in [0.25, 0.3) is 17.1 Å². The average molecular weight is 503 g/mol. The fourth-order valence-electron chi connectivity index (χ4n) is 3.81. The second kappa shape index (κ2) is 12.2. The van der Waals surface area contributed by atoms with Crippen LogP contribution in [0.5, 0.6) is 5.75 Å². The van der Waals surface area contributed by atoms with Crippen LogP contribution in [0.2, 0.25) is 0 Å². The molecule has 0 fully saturated rings. The van der Waals surface area contributed by atoms with Crippen molar-refractivity contribution in [1.29, 1.82) is 0 Å². The van der Waals surface area contributed by atoms with Gasteiger partial charge in [-0.2, -0.15) is 0 Å². The highest BCUT2D eigenvalue weighted by Crippen LogP contribution is 2.29. The maximum absolute atomic E-state index is 12.7. The van der Waals surface area contributed by atoms with E-state index < -0.39 is 0 Å². The van der Waals surface area contributed by atoms with Crippen LogP contribution >= 0.6 is 11.8 Å². The van der Waals surface area contributed by atoms with Crippen molar-refractivity contribution >= 4 is 29.0 Å². The summed E-state index contributed by atoms with van der Waals surface area (Å²) in [5.41, 5.74) is 3.61. The normalized spacial score (nSPS) is 10.8. The van der Waals surface area contributed by atoms with Crippen molar-refractivity contribution in [3.63, 3.8) is 0 Å². The van der Waals surface area contributed by atoms with Crippen LogP contribution in [0.15, 0.2) is 78.2 Å². The zero-order valence-corrected chi connectivity index (χ0v) is 21.5. The highest BCUT2D eigenvalue weighted by Gasteiger charge is 2.18. The van der Waals surface area contributed by atoms with E-state index in [9.17, 15) is 4.79 Å². The van der Waals surface area contributed by atoms with Gasteiger partial charge in [0.2, 0.25) is 5.91 Å². The van der Waals surface area contributed by atoms with E-state index in [1.165, 1.54) is 11.8 Å². The first-order chi connectivity index (χ1) is 17.6. The summed E-state index contributed by atoms with van der Waals surface area (Å²) in [7, 11) is 0. The first kappa shape index (κ1) is 25.2. The maximum Gasteiger partial charge on any atom is 0.234 e. The number of carbonyl (C=O) groups excluding carboxylic acids is 1. The van der Waals surface area contributed by atoms with Crippen LogP contribution in [-0.2, 0) is 4.79 Å². The van der Waals surface area contributed by atoms with Gasteiger partial charge in [0.25, 0.3) is 0 Å². The Kier molecular flexibility index (Phi) is 8.57. The molecule has 0 unspecified atom stereocenters. The van der Waals surface area contributed by atoms with Crippen molar-refractivity contribution < 1.29 is 9.53 Å².